The Balaban J connectivity index is 1.98. The Morgan fingerprint density at radius 1 is 1.09 bits per heavy atom. The highest BCUT2D eigenvalue weighted by Crippen LogP contribution is 2.11. The Hall–Kier alpha value is -2.18. The van der Waals surface area contributed by atoms with Gasteiger partial charge in [-0.05, 0) is 20.8 Å². The first-order valence-corrected chi connectivity index (χ1v) is 7.41. The predicted molar refractivity (Wildman–Crippen MR) is 83.7 cm³/mol. The van der Waals surface area contributed by atoms with Crippen LogP contribution in [0.2, 0.25) is 0 Å². The van der Waals surface area contributed by atoms with Crippen molar-refractivity contribution >= 4 is 17.8 Å². The standard InChI is InChI=1S/C15H23N5O2/c1-11(21)19-5-7-20(8-6-19)14-16-9-12(10-17-14)13(22)18-15(2,3)4/h9-10H,5-8H2,1-4H3,(H,18,22). The normalized spacial score (nSPS) is 15.6. The van der Waals surface area contributed by atoms with Gasteiger partial charge in [0, 0.05) is 51.0 Å². The first-order valence-electron chi connectivity index (χ1n) is 7.41. The lowest BCUT2D eigenvalue weighted by Gasteiger charge is -2.34. The Morgan fingerprint density at radius 3 is 2.09 bits per heavy atom. The van der Waals surface area contributed by atoms with Gasteiger partial charge in [-0.3, -0.25) is 9.59 Å². The van der Waals surface area contributed by atoms with Crippen LogP contribution in [-0.2, 0) is 4.79 Å². The van der Waals surface area contributed by atoms with E-state index in [1.807, 2.05) is 30.6 Å². The van der Waals surface area contributed by atoms with E-state index in [9.17, 15) is 9.59 Å². The highest BCUT2D eigenvalue weighted by molar-refractivity contribution is 5.94. The third-order valence-corrected chi connectivity index (χ3v) is 3.40. The van der Waals surface area contributed by atoms with Crippen molar-refractivity contribution in [2.45, 2.75) is 33.2 Å². The van der Waals surface area contributed by atoms with Crippen molar-refractivity contribution in [3.8, 4) is 0 Å². The zero-order valence-corrected chi connectivity index (χ0v) is 13.6. The van der Waals surface area contributed by atoms with E-state index in [1.54, 1.807) is 19.3 Å². The van der Waals surface area contributed by atoms with Crippen LogP contribution >= 0.6 is 0 Å². The average molecular weight is 305 g/mol. The Morgan fingerprint density at radius 2 is 1.64 bits per heavy atom. The van der Waals surface area contributed by atoms with Gasteiger partial charge in [0.15, 0.2) is 0 Å². The summed E-state index contributed by atoms with van der Waals surface area (Å²) in [4.78, 5) is 35.7. The van der Waals surface area contributed by atoms with Crippen LogP contribution in [0.5, 0.6) is 0 Å². The summed E-state index contributed by atoms with van der Waals surface area (Å²) in [6, 6.07) is 0. The first-order chi connectivity index (χ1) is 10.3. The van der Waals surface area contributed by atoms with Gasteiger partial charge in [0.05, 0.1) is 5.56 Å². The number of hydrogen-bond donors (Lipinski definition) is 1. The lowest BCUT2D eigenvalue weighted by molar-refractivity contribution is -0.129. The summed E-state index contributed by atoms with van der Waals surface area (Å²) in [6.07, 6.45) is 3.08. The van der Waals surface area contributed by atoms with Crippen LogP contribution in [0.3, 0.4) is 0 Å². The van der Waals surface area contributed by atoms with E-state index in [1.165, 1.54) is 0 Å². The highest BCUT2D eigenvalue weighted by atomic mass is 16.2. The van der Waals surface area contributed by atoms with E-state index in [0.717, 1.165) is 0 Å². The van der Waals surface area contributed by atoms with E-state index >= 15 is 0 Å². The average Bonchev–Trinajstić information content (AvgIpc) is 2.46. The van der Waals surface area contributed by atoms with E-state index in [4.69, 9.17) is 0 Å². The van der Waals surface area contributed by atoms with Crippen LogP contribution in [0.1, 0.15) is 38.1 Å². The molecule has 22 heavy (non-hydrogen) atoms. The minimum absolute atomic E-state index is 0.0924. The van der Waals surface area contributed by atoms with E-state index in [2.05, 4.69) is 15.3 Å². The fourth-order valence-electron chi connectivity index (χ4n) is 2.24. The van der Waals surface area contributed by atoms with Crippen molar-refractivity contribution in [2.24, 2.45) is 0 Å². The van der Waals surface area contributed by atoms with Crippen molar-refractivity contribution in [1.82, 2.24) is 20.2 Å². The summed E-state index contributed by atoms with van der Waals surface area (Å²) in [7, 11) is 0. The van der Waals surface area contributed by atoms with Gasteiger partial charge >= 0.3 is 0 Å². The number of nitrogens with zero attached hydrogens (tertiary/aromatic N) is 4. The quantitative estimate of drug-likeness (QED) is 0.869. The van der Waals surface area contributed by atoms with E-state index < -0.39 is 0 Å². The Kier molecular flexibility index (Phi) is 4.63. The molecule has 7 nitrogen and oxygen atoms in total. The Bertz CT molecular complexity index is 542. The molecule has 1 aliphatic heterocycles. The first kappa shape index (κ1) is 16.2. The summed E-state index contributed by atoms with van der Waals surface area (Å²) in [6.45, 7) is 10.1. The molecular formula is C15H23N5O2. The number of amides is 2. The summed E-state index contributed by atoms with van der Waals surface area (Å²) >= 11 is 0. The lowest BCUT2D eigenvalue weighted by Crippen LogP contribution is -2.48. The molecule has 0 atom stereocenters. The number of piperazine rings is 1. The maximum Gasteiger partial charge on any atom is 0.254 e. The molecule has 0 unspecified atom stereocenters. The van der Waals surface area contributed by atoms with E-state index in [0.29, 0.717) is 37.7 Å². The number of carbonyl (C=O) groups excluding carboxylic acids is 2. The zero-order valence-electron chi connectivity index (χ0n) is 13.6. The van der Waals surface area contributed by atoms with Gasteiger partial charge in [0.25, 0.3) is 5.91 Å². The molecule has 1 saturated heterocycles. The minimum Gasteiger partial charge on any atom is -0.347 e. The highest BCUT2D eigenvalue weighted by Gasteiger charge is 2.21. The van der Waals surface area contributed by atoms with Crippen molar-refractivity contribution in [3.63, 3.8) is 0 Å². The van der Waals surface area contributed by atoms with Crippen molar-refractivity contribution in [2.75, 3.05) is 31.1 Å². The van der Waals surface area contributed by atoms with Gasteiger partial charge in [0.1, 0.15) is 0 Å². The molecule has 0 aliphatic carbocycles. The molecule has 0 radical (unpaired) electrons. The van der Waals surface area contributed by atoms with Crippen LogP contribution in [0.15, 0.2) is 12.4 Å². The molecule has 120 valence electrons. The largest absolute Gasteiger partial charge is 0.347 e. The molecule has 2 rings (SSSR count). The van der Waals surface area contributed by atoms with E-state index in [-0.39, 0.29) is 17.4 Å². The van der Waals surface area contributed by atoms with Crippen LogP contribution in [0, 0.1) is 0 Å². The topological polar surface area (TPSA) is 78.4 Å². The third kappa shape index (κ3) is 4.16. The van der Waals surface area contributed by atoms with Crippen molar-refractivity contribution in [1.29, 1.82) is 0 Å². The molecule has 0 spiro atoms. The molecule has 2 amide bonds. The van der Waals surface area contributed by atoms with Gasteiger partial charge < -0.3 is 15.1 Å². The van der Waals surface area contributed by atoms with Crippen molar-refractivity contribution in [3.05, 3.63) is 18.0 Å². The number of anilines is 1. The number of nitrogens with one attached hydrogen (secondary N) is 1. The van der Waals surface area contributed by atoms with Crippen LogP contribution in [-0.4, -0.2) is 58.4 Å². The molecule has 2 heterocycles. The number of carbonyl (C=O) groups is 2. The number of rotatable bonds is 2. The molecule has 1 aromatic heterocycles. The molecule has 0 saturated carbocycles. The molecule has 0 bridgehead atoms. The van der Waals surface area contributed by atoms with Gasteiger partial charge in [-0.2, -0.15) is 0 Å². The smallest absolute Gasteiger partial charge is 0.254 e. The molecule has 7 heteroatoms. The molecule has 1 N–H and O–H groups in total. The van der Waals surface area contributed by atoms with Crippen molar-refractivity contribution < 1.29 is 9.59 Å². The SMILES string of the molecule is CC(=O)N1CCN(c2ncc(C(=O)NC(C)(C)C)cn2)CC1. The second-order valence-electron chi connectivity index (χ2n) is 6.47. The maximum absolute atomic E-state index is 12.0. The zero-order chi connectivity index (χ0) is 16.3. The number of aromatic nitrogens is 2. The van der Waals surface area contributed by atoms with Crippen LogP contribution in [0.4, 0.5) is 5.95 Å². The maximum atomic E-state index is 12.0. The molecule has 1 aliphatic rings. The number of hydrogen-bond acceptors (Lipinski definition) is 5. The van der Waals surface area contributed by atoms with Gasteiger partial charge in [-0.1, -0.05) is 0 Å². The van der Waals surface area contributed by atoms with Crippen LogP contribution < -0.4 is 10.2 Å². The van der Waals surface area contributed by atoms with Gasteiger partial charge in [0.2, 0.25) is 11.9 Å². The second-order valence-corrected chi connectivity index (χ2v) is 6.47. The summed E-state index contributed by atoms with van der Waals surface area (Å²) in [5.74, 6) is 0.505. The van der Waals surface area contributed by atoms with Gasteiger partial charge in [-0.15, -0.1) is 0 Å². The summed E-state index contributed by atoms with van der Waals surface area (Å²) in [5.41, 5.74) is 0.153. The van der Waals surface area contributed by atoms with Gasteiger partial charge in [-0.25, -0.2) is 9.97 Å². The molecular weight excluding hydrogens is 282 g/mol. The minimum atomic E-state index is -0.293. The fourth-order valence-corrected chi connectivity index (χ4v) is 2.24. The predicted octanol–water partition coefficient (Wildman–Crippen LogP) is 0.673. The Labute approximate surface area is 130 Å². The summed E-state index contributed by atoms with van der Waals surface area (Å²) < 4.78 is 0. The molecule has 0 aromatic carbocycles. The third-order valence-electron chi connectivity index (χ3n) is 3.40. The molecule has 1 fully saturated rings. The fraction of sp³-hybridized carbons (Fsp3) is 0.600. The monoisotopic (exact) mass is 305 g/mol. The molecule has 1 aromatic rings. The summed E-state index contributed by atoms with van der Waals surface area (Å²) in [5, 5.41) is 2.88. The second kappa shape index (κ2) is 6.29. The lowest BCUT2D eigenvalue weighted by atomic mass is 10.1. The van der Waals surface area contributed by atoms with Crippen LogP contribution in [0.25, 0.3) is 0 Å².